The minimum Gasteiger partial charge on any atom is -0.481 e. The van der Waals surface area contributed by atoms with Crippen LogP contribution in [0, 0.1) is 0 Å². The van der Waals surface area contributed by atoms with E-state index in [1.165, 1.54) is 0 Å². The number of carboxylic acid groups (broad SMARTS) is 1. The summed E-state index contributed by atoms with van der Waals surface area (Å²) < 4.78 is 1.99. The highest BCUT2D eigenvalue weighted by Crippen LogP contribution is 2.16. The van der Waals surface area contributed by atoms with Gasteiger partial charge in [0.2, 0.25) is 0 Å². The predicted octanol–water partition coefficient (Wildman–Crippen LogP) is 1.03. The van der Waals surface area contributed by atoms with E-state index in [-0.39, 0.29) is 12.5 Å². The largest absolute Gasteiger partial charge is 0.481 e. The van der Waals surface area contributed by atoms with Gasteiger partial charge in [0.15, 0.2) is 0 Å². The molecule has 15 heavy (non-hydrogen) atoms. The first-order valence-electron chi connectivity index (χ1n) is 5.08. The molecule has 0 aliphatic heterocycles. The van der Waals surface area contributed by atoms with Gasteiger partial charge >= 0.3 is 5.97 Å². The van der Waals surface area contributed by atoms with Crippen molar-refractivity contribution in [1.82, 2.24) is 14.9 Å². The second-order valence-electron chi connectivity index (χ2n) is 3.45. The van der Waals surface area contributed by atoms with Gasteiger partial charge in [0.05, 0.1) is 24.5 Å². The van der Waals surface area contributed by atoms with Crippen molar-refractivity contribution in [3.05, 3.63) is 18.2 Å². The number of hydrogen-bond donors (Lipinski definition) is 2. The molecule has 0 saturated heterocycles. The fourth-order valence-corrected chi connectivity index (χ4v) is 1.58. The third kappa shape index (κ3) is 3.06. The van der Waals surface area contributed by atoms with Crippen LogP contribution >= 0.6 is 0 Å². The van der Waals surface area contributed by atoms with Gasteiger partial charge in [0.1, 0.15) is 0 Å². The molecule has 2 N–H and O–H groups in total. The lowest BCUT2D eigenvalue weighted by atomic mass is 10.1. The number of nitrogens with one attached hydrogen (secondary N) is 1. The van der Waals surface area contributed by atoms with Crippen LogP contribution in [0.4, 0.5) is 0 Å². The number of aromatic nitrogens is 2. The van der Waals surface area contributed by atoms with E-state index in [2.05, 4.69) is 17.2 Å². The molecule has 0 spiro atoms. The summed E-state index contributed by atoms with van der Waals surface area (Å²) in [6.45, 7) is 2.95. The third-order valence-electron chi connectivity index (χ3n) is 2.29. The van der Waals surface area contributed by atoms with Gasteiger partial charge in [-0.15, -0.1) is 0 Å². The number of rotatable bonds is 6. The third-order valence-corrected chi connectivity index (χ3v) is 2.29. The Bertz CT molecular complexity index is 322. The van der Waals surface area contributed by atoms with Crippen LogP contribution in [0.1, 0.15) is 31.5 Å². The number of carboxylic acids is 1. The Morgan fingerprint density at radius 2 is 2.47 bits per heavy atom. The summed E-state index contributed by atoms with van der Waals surface area (Å²) in [5.41, 5.74) is 0.932. The van der Waals surface area contributed by atoms with E-state index in [1.54, 1.807) is 19.6 Å². The normalized spacial score (nSPS) is 12.7. The summed E-state index contributed by atoms with van der Waals surface area (Å²) >= 11 is 0. The molecule has 0 fully saturated rings. The summed E-state index contributed by atoms with van der Waals surface area (Å²) in [7, 11) is 1.76. The molecule has 0 aliphatic rings. The summed E-state index contributed by atoms with van der Waals surface area (Å²) in [6.07, 6.45) is 4.55. The van der Waals surface area contributed by atoms with Gasteiger partial charge in [-0.05, 0) is 13.5 Å². The maximum Gasteiger partial charge on any atom is 0.305 e. The van der Waals surface area contributed by atoms with Crippen molar-refractivity contribution in [2.45, 2.75) is 32.4 Å². The van der Waals surface area contributed by atoms with E-state index in [9.17, 15) is 4.79 Å². The van der Waals surface area contributed by atoms with Gasteiger partial charge < -0.3 is 15.0 Å². The van der Waals surface area contributed by atoms with Crippen molar-refractivity contribution < 1.29 is 9.90 Å². The second-order valence-corrected chi connectivity index (χ2v) is 3.45. The molecule has 84 valence electrons. The van der Waals surface area contributed by atoms with E-state index < -0.39 is 5.97 Å². The average Bonchev–Trinajstić information content (AvgIpc) is 2.63. The van der Waals surface area contributed by atoms with Crippen LogP contribution < -0.4 is 5.32 Å². The van der Waals surface area contributed by atoms with Crippen molar-refractivity contribution in [1.29, 1.82) is 0 Å². The first kappa shape index (κ1) is 11.7. The summed E-state index contributed by atoms with van der Waals surface area (Å²) in [6, 6.07) is -0.170. The monoisotopic (exact) mass is 211 g/mol. The maximum atomic E-state index is 10.7. The molecule has 0 aromatic carbocycles. The number of nitrogens with zero attached hydrogens (tertiary/aromatic N) is 2. The molecule has 5 nitrogen and oxygen atoms in total. The Labute approximate surface area is 89.1 Å². The maximum absolute atomic E-state index is 10.7. The number of imidazole rings is 1. The van der Waals surface area contributed by atoms with Crippen molar-refractivity contribution >= 4 is 5.97 Å². The zero-order chi connectivity index (χ0) is 11.3. The van der Waals surface area contributed by atoms with Crippen LogP contribution in [-0.2, 0) is 11.3 Å². The Morgan fingerprint density at radius 1 is 1.73 bits per heavy atom. The molecule has 1 heterocycles. The predicted molar refractivity (Wildman–Crippen MR) is 56.6 cm³/mol. The topological polar surface area (TPSA) is 67.2 Å². The van der Waals surface area contributed by atoms with E-state index in [0.29, 0.717) is 0 Å². The minimum atomic E-state index is -0.807. The molecule has 1 aromatic heterocycles. The molecule has 0 aliphatic carbocycles. The lowest BCUT2D eigenvalue weighted by molar-refractivity contribution is -0.137. The summed E-state index contributed by atoms with van der Waals surface area (Å²) in [5.74, 6) is -0.807. The van der Waals surface area contributed by atoms with Crippen LogP contribution in [0.3, 0.4) is 0 Å². The minimum absolute atomic E-state index is 0.0753. The van der Waals surface area contributed by atoms with Gasteiger partial charge in [-0.2, -0.15) is 0 Å². The Balaban J connectivity index is 2.80. The first-order valence-corrected chi connectivity index (χ1v) is 5.08. The Hall–Kier alpha value is -1.36. The van der Waals surface area contributed by atoms with Crippen LogP contribution in [0.25, 0.3) is 0 Å². The van der Waals surface area contributed by atoms with E-state index in [0.717, 1.165) is 18.7 Å². The standard InChI is InChI=1S/C10H17N3O2/c1-3-4-13-7-12-6-9(13)8(11-2)5-10(14)15/h6-8,11H,3-5H2,1-2H3,(H,14,15). The van der Waals surface area contributed by atoms with Crippen LogP contribution in [0.15, 0.2) is 12.5 Å². The Kier molecular flexibility index (Phi) is 4.30. The smallest absolute Gasteiger partial charge is 0.305 e. The van der Waals surface area contributed by atoms with Gasteiger partial charge in [0.25, 0.3) is 0 Å². The number of aryl methyl sites for hydroxylation is 1. The molecular weight excluding hydrogens is 194 g/mol. The lowest BCUT2D eigenvalue weighted by Crippen LogP contribution is -2.22. The molecule has 5 heteroatoms. The fraction of sp³-hybridized carbons (Fsp3) is 0.600. The molecule has 1 atom stereocenters. The van der Waals surface area contributed by atoms with E-state index >= 15 is 0 Å². The van der Waals surface area contributed by atoms with Crippen molar-refractivity contribution in [3.63, 3.8) is 0 Å². The van der Waals surface area contributed by atoms with Crippen LogP contribution in [-0.4, -0.2) is 27.7 Å². The highest BCUT2D eigenvalue weighted by atomic mass is 16.4. The first-order chi connectivity index (χ1) is 7.19. The molecule has 0 saturated carbocycles. The Morgan fingerprint density at radius 3 is 3.00 bits per heavy atom. The molecule has 1 aromatic rings. The zero-order valence-corrected chi connectivity index (χ0v) is 9.10. The van der Waals surface area contributed by atoms with Gasteiger partial charge in [-0.25, -0.2) is 4.98 Å². The summed E-state index contributed by atoms with van der Waals surface area (Å²) in [4.78, 5) is 14.7. The number of aliphatic carboxylic acids is 1. The molecule has 0 amide bonds. The van der Waals surface area contributed by atoms with Gasteiger partial charge in [-0.3, -0.25) is 4.79 Å². The van der Waals surface area contributed by atoms with Crippen molar-refractivity contribution in [2.24, 2.45) is 0 Å². The van der Waals surface area contributed by atoms with Crippen molar-refractivity contribution in [3.8, 4) is 0 Å². The highest BCUT2D eigenvalue weighted by molar-refractivity contribution is 5.67. The average molecular weight is 211 g/mol. The molecule has 1 unspecified atom stereocenters. The second kappa shape index (κ2) is 5.50. The fourth-order valence-electron chi connectivity index (χ4n) is 1.58. The van der Waals surface area contributed by atoms with Crippen LogP contribution in [0.2, 0.25) is 0 Å². The SMILES string of the molecule is CCCn1cncc1C(CC(=O)O)NC. The van der Waals surface area contributed by atoms with E-state index in [1.807, 2.05) is 4.57 Å². The molecular formula is C10H17N3O2. The van der Waals surface area contributed by atoms with E-state index in [4.69, 9.17) is 5.11 Å². The number of carbonyl (C=O) groups is 1. The highest BCUT2D eigenvalue weighted by Gasteiger charge is 2.16. The zero-order valence-electron chi connectivity index (χ0n) is 9.10. The van der Waals surface area contributed by atoms with Crippen molar-refractivity contribution in [2.75, 3.05) is 7.05 Å². The lowest BCUT2D eigenvalue weighted by Gasteiger charge is -2.15. The molecule has 0 bridgehead atoms. The summed E-state index contributed by atoms with van der Waals surface area (Å²) in [5, 5.41) is 11.8. The molecule has 1 rings (SSSR count). The van der Waals surface area contributed by atoms with Gasteiger partial charge in [-0.1, -0.05) is 6.92 Å². The van der Waals surface area contributed by atoms with Gasteiger partial charge in [0, 0.05) is 12.7 Å². The van der Waals surface area contributed by atoms with Crippen LogP contribution in [0.5, 0.6) is 0 Å². The number of hydrogen-bond acceptors (Lipinski definition) is 3. The molecule has 0 radical (unpaired) electrons. The quantitative estimate of drug-likeness (QED) is 0.737.